The molecule has 1 aliphatic heterocycles. The zero-order valence-electron chi connectivity index (χ0n) is 18.4. The minimum absolute atomic E-state index is 0.00378. The van der Waals surface area contributed by atoms with E-state index in [1.807, 2.05) is 4.90 Å². The summed E-state index contributed by atoms with van der Waals surface area (Å²) in [4.78, 5) is 38.1. The van der Waals surface area contributed by atoms with Crippen LogP contribution in [0.5, 0.6) is 0 Å². The molecule has 1 saturated heterocycles. The summed E-state index contributed by atoms with van der Waals surface area (Å²) in [6, 6.07) is 4.58. The minimum atomic E-state index is -4.63. The lowest BCUT2D eigenvalue weighted by Crippen LogP contribution is -2.49. The van der Waals surface area contributed by atoms with E-state index >= 15 is 0 Å². The lowest BCUT2D eigenvalue weighted by molar-refractivity contribution is -0.137. The molecule has 0 aliphatic carbocycles. The Morgan fingerprint density at radius 1 is 1.09 bits per heavy atom. The number of benzene rings is 1. The van der Waals surface area contributed by atoms with Gasteiger partial charge < -0.3 is 25.3 Å². The van der Waals surface area contributed by atoms with Gasteiger partial charge in [-0.3, -0.25) is 4.79 Å². The first-order valence-corrected chi connectivity index (χ1v) is 10.4. The third-order valence-electron chi connectivity index (χ3n) is 5.16. The maximum absolute atomic E-state index is 13.4. The fraction of sp³-hybridized carbons (Fsp3) is 0.429. The van der Waals surface area contributed by atoms with Gasteiger partial charge in [-0.05, 0) is 24.3 Å². The molecule has 2 aromatic rings. The van der Waals surface area contributed by atoms with Crippen LogP contribution in [0.4, 0.5) is 35.3 Å². The molecular weight excluding hydrogens is 439 g/mol. The van der Waals surface area contributed by atoms with Crippen LogP contribution in [0.25, 0.3) is 0 Å². The summed E-state index contributed by atoms with van der Waals surface area (Å²) in [5.41, 5.74) is -0.936. The number of rotatable bonds is 6. The zero-order valence-corrected chi connectivity index (χ0v) is 18.4. The highest BCUT2D eigenvalue weighted by Gasteiger charge is 2.34. The third kappa shape index (κ3) is 6.46. The number of halogens is 3. The number of hydrogen-bond donors (Lipinski definition) is 2. The number of amides is 3. The minimum Gasteiger partial charge on any atom is -0.378 e. The molecule has 1 aromatic carbocycles. The van der Waals surface area contributed by atoms with E-state index in [0.717, 1.165) is 6.07 Å². The molecule has 1 fully saturated rings. The van der Waals surface area contributed by atoms with E-state index in [1.165, 1.54) is 17.0 Å². The van der Waals surface area contributed by atoms with Crippen LogP contribution >= 0.6 is 0 Å². The SMILES string of the molecule is CN(C)c1ccc(NC(=O)NCCC(=O)N2CCN(c3ncccn3)CC2)c(C(F)(F)F)c1. The maximum atomic E-state index is 13.4. The van der Waals surface area contributed by atoms with E-state index in [9.17, 15) is 22.8 Å². The second kappa shape index (κ2) is 10.4. The first kappa shape index (κ1) is 24.1. The summed E-state index contributed by atoms with van der Waals surface area (Å²) in [5, 5.41) is 4.67. The summed E-state index contributed by atoms with van der Waals surface area (Å²) < 4.78 is 40.2. The smallest absolute Gasteiger partial charge is 0.378 e. The number of urea groups is 1. The Kier molecular flexibility index (Phi) is 7.56. The molecule has 3 amide bonds. The van der Waals surface area contributed by atoms with Gasteiger partial charge in [-0.25, -0.2) is 14.8 Å². The van der Waals surface area contributed by atoms with E-state index in [2.05, 4.69) is 20.6 Å². The largest absolute Gasteiger partial charge is 0.418 e. The average Bonchev–Trinajstić information content (AvgIpc) is 2.79. The molecule has 2 heterocycles. The predicted octanol–water partition coefficient (Wildman–Crippen LogP) is 2.42. The second-order valence-corrected chi connectivity index (χ2v) is 7.67. The number of piperazine rings is 1. The van der Waals surface area contributed by atoms with Crippen LogP contribution in [0.15, 0.2) is 36.7 Å². The lowest BCUT2D eigenvalue weighted by Gasteiger charge is -2.34. The van der Waals surface area contributed by atoms with Crippen molar-refractivity contribution in [2.75, 3.05) is 61.9 Å². The van der Waals surface area contributed by atoms with E-state index in [1.54, 1.807) is 37.5 Å². The lowest BCUT2D eigenvalue weighted by atomic mass is 10.1. The van der Waals surface area contributed by atoms with Crippen molar-refractivity contribution in [2.24, 2.45) is 0 Å². The van der Waals surface area contributed by atoms with Gasteiger partial charge in [0.2, 0.25) is 11.9 Å². The zero-order chi connectivity index (χ0) is 24.0. The van der Waals surface area contributed by atoms with E-state index in [-0.39, 0.29) is 24.6 Å². The Bertz CT molecular complexity index is 962. The monoisotopic (exact) mass is 465 g/mol. The van der Waals surface area contributed by atoms with Crippen LogP contribution in [-0.2, 0) is 11.0 Å². The molecule has 0 spiro atoms. The highest BCUT2D eigenvalue weighted by molar-refractivity contribution is 5.91. The molecule has 0 atom stereocenters. The molecular formula is C21H26F3N7O2. The van der Waals surface area contributed by atoms with Crippen LogP contribution in [0.3, 0.4) is 0 Å². The molecule has 0 radical (unpaired) electrons. The molecule has 2 N–H and O–H groups in total. The summed E-state index contributed by atoms with van der Waals surface area (Å²) in [6.07, 6.45) is -1.27. The van der Waals surface area contributed by atoms with Crippen molar-refractivity contribution in [2.45, 2.75) is 12.6 Å². The van der Waals surface area contributed by atoms with Gasteiger partial charge in [0.25, 0.3) is 0 Å². The molecule has 1 aromatic heterocycles. The van der Waals surface area contributed by atoms with Crippen LogP contribution in [0.1, 0.15) is 12.0 Å². The van der Waals surface area contributed by atoms with Crippen molar-refractivity contribution < 1.29 is 22.8 Å². The number of carbonyl (C=O) groups excluding carboxylic acids is 2. The maximum Gasteiger partial charge on any atom is 0.418 e. The van der Waals surface area contributed by atoms with E-state index < -0.39 is 17.8 Å². The quantitative estimate of drug-likeness (QED) is 0.681. The first-order chi connectivity index (χ1) is 15.6. The van der Waals surface area contributed by atoms with Crippen molar-refractivity contribution in [1.82, 2.24) is 20.2 Å². The Hall–Kier alpha value is -3.57. The van der Waals surface area contributed by atoms with Crippen LogP contribution in [-0.4, -0.2) is 73.6 Å². The van der Waals surface area contributed by atoms with Gasteiger partial charge in [0.05, 0.1) is 11.3 Å². The molecule has 178 valence electrons. The summed E-state index contributed by atoms with van der Waals surface area (Å²) in [6.45, 7) is 2.18. The summed E-state index contributed by atoms with van der Waals surface area (Å²) in [7, 11) is 3.25. The second-order valence-electron chi connectivity index (χ2n) is 7.67. The molecule has 9 nitrogen and oxygen atoms in total. The van der Waals surface area contributed by atoms with Crippen molar-refractivity contribution in [3.8, 4) is 0 Å². The standard InChI is InChI=1S/C21H26F3N7O2/c1-29(2)15-4-5-17(16(14-15)21(22,23)24)28-20(33)27-9-6-18(32)30-10-12-31(13-11-30)19-25-7-3-8-26-19/h3-5,7-8,14H,6,9-13H2,1-2H3,(H2,27,28,33). The molecule has 0 unspecified atom stereocenters. The molecule has 12 heteroatoms. The predicted molar refractivity (Wildman–Crippen MR) is 118 cm³/mol. The van der Waals surface area contributed by atoms with Gasteiger partial charge in [-0.1, -0.05) is 0 Å². The fourth-order valence-corrected chi connectivity index (χ4v) is 3.37. The molecule has 3 rings (SSSR count). The van der Waals surface area contributed by atoms with Gasteiger partial charge >= 0.3 is 12.2 Å². The van der Waals surface area contributed by atoms with E-state index in [4.69, 9.17) is 0 Å². The molecule has 0 bridgehead atoms. The van der Waals surface area contributed by atoms with Crippen molar-refractivity contribution in [3.05, 3.63) is 42.2 Å². The number of hydrogen-bond acceptors (Lipinski definition) is 6. The van der Waals surface area contributed by atoms with Crippen LogP contribution in [0, 0.1) is 0 Å². The van der Waals surface area contributed by atoms with Crippen LogP contribution in [0.2, 0.25) is 0 Å². The molecule has 33 heavy (non-hydrogen) atoms. The Morgan fingerprint density at radius 3 is 2.36 bits per heavy atom. The van der Waals surface area contributed by atoms with Crippen molar-refractivity contribution >= 4 is 29.3 Å². The van der Waals surface area contributed by atoms with Crippen LogP contribution < -0.4 is 20.4 Å². The number of alkyl halides is 3. The summed E-state index contributed by atoms with van der Waals surface area (Å²) in [5.74, 6) is 0.468. The Balaban J connectivity index is 1.47. The fourth-order valence-electron chi connectivity index (χ4n) is 3.37. The molecule has 1 aliphatic rings. The van der Waals surface area contributed by atoms with Gasteiger partial charge in [-0.15, -0.1) is 0 Å². The Labute approximate surface area is 189 Å². The number of nitrogens with zero attached hydrogens (tertiary/aromatic N) is 5. The summed E-state index contributed by atoms with van der Waals surface area (Å²) >= 11 is 0. The van der Waals surface area contributed by atoms with Crippen molar-refractivity contribution in [1.29, 1.82) is 0 Å². The van der Waals surface area contributed by atoms with Gasteiger partial charge in [0.15, 0.2) is 0 Å². The van der Waals surface area contributed by atoms with Gasteiger partial charge in [0.1, 0.15) is 0 Å². The number of nitrogens with one attached hydrogen (secondary N) is 2. The third-order valence-corrected chi connectivity index (χ3v) is 5.16. The van der Waals surface area contributed by atoms with Crippen molar-refractivity contribution in [3.63, 3.8) is 0 Å². The highest BCUT2D eigenvalue weighted by Crippen LogP contribution is 2.37. The van der Waals surface area contributed by atoms with Gasteiger partial charge in [-0.2, -0.15) is 13.2 Å². The number of aromatic nitrogens is 2. The highest BCUT2D eigenvalue weighted by atomic mass is 19.4. The van der Waals surface area contributed by atoms with Gasteiger partial charge in [0, 0.05) is 71.3 Å². The first-order valence-electron chi connectivity index (χ1n) is 10.4. The number of carbonyl (C=O) groups is 2. The number of anilines is 3. The molecule has 0 saturated carbocycles. The topological polar surface area (TPSA) is 93.7 Å². The average molecular weight is 465 g/mol. The van der Waals surface area contributed by atoms with E-state index in [0.29, 0.717) is 37.8 Å². The normalized spacial score (nSPS) is 14.1. The Morgan fingerprint density at radius 2 is 1.76 bits per heavy atom.